The lowest BCUT2D eigenvalue weighted by Gasteiger charge is -2.30. The summed E-state index contributed by atoms with van der Waals surface area (Å²) in [5.74, 6) is -0.118. The number of fused-ring (bicyclic) bond motifs is 1. The molecule has 32 heavy (non-hydrogen) atoms. The van der Waals surface area contributed by atoms with Crippen molar-refractivity contribution in [3.05, 3.63) is 107 Å². The minimum absolute atomic E-state index is 0.118. The molecule has 3 aromatic carbocycles. The van der Waals surface area contributed by atoms with Gasteiger partial charge in [0.25, 0.3) is 10.0 Å². The predicted molar refractivity (Wildman–Crippen MR) is 126 cm³/mol. The van der Waals surface area contributed by atoms with Crippen molar-refractivity contribution in [2.24, 2.45) is 5.92 Å². The number of sulfonamides is 1. The Labute approximate surface area is 194 Å². The molecule has 164 valence electrons. The van der Waals surface area contributed by atoms with E-state index in [0.29, 0.717) is 11.4 Å². The third-order valence-electron chi connectivity index (χ3n) is 6.28. The number of hydrogen-bond acceptors (Lipinski definition) is 3. The van der Waals surface area contributed by atoms with Gasteiger partial charge >= 0.3 is 0 Å². The lowest BCUT2D eigenvalue weighted by atomic mass is 9.76. The van der Waals surface area contributed by atoms with Crippen molar-refractivity contribution in [2.75, 3.05) is 0 Å². The molecule has 0 unspecified atom stereocenters. The van der Waals surface area contributed by atoms with Gasteiger partial charge in [-0.1, -0.05) is 82.3 Å². The summed E-state index contributed by atoms with van der Waals surface area (Å²) < 4.78 is 28.5. The van der Waals surface area contributed by atoms with E-state index in [1.54, 1.807) is 12.1 Å². The first-order valence-electron chi connectivity index (χ1n) is 10.7. The molecule has 1 aliphatic heterocycles. The van der Waals surface area contributed by atoms with Crippen LogP contribution in [0.5, 0.6) is 0 Å². The van der Waals surface area contributed by atoms with Crippen LogP contribution in [0.3, 0.4) is 0 Å². The first kappa shape index (κ1) is 21.4. The summed E-state index contributed by atoms with van der Waals surface area (Å²) in [6, 6.07) is 24.2. The normalized spacial score (nSPS) is 23.6. The van der Waals surface area contributed by atoms with Crippen LogP contribution < -0.4 is 0 Å². The van der Waals surface area contributed by atoms with E-state index in [-0.39, 0.29) is 16.9 Å². The van der Waals surface area contributed by atoms with E-state index in [0.717, 1.165) is 28.7 Å². The predicted octanol–water partition coefficient (Wildman–Crippen LogP) is 6.19. The fourth-order valence-electron chi connectivity index (χ4n) is 4.70. The van der Waals surface area contributed by atoms with E-state index in [4.69, 9.17) is 16.4 Å². The van der Waals surface area contributed by atoms with Crippen molar-refractivity contribution in [3.63, 3.8) is 0 Å². The van der Waals surface area contributed by atoms with Gasteiger partial charge in [-0.2, -0.15) is 0 Å². The molecule has 0 aromatic heterocycles. The van der Waals surface area contributed by atoms with Gasteiger partial charge in [-0.3, -0.25) is 4.84 Å². The molecule has 1 fully saturated rings. The molecule has 0 amide bonds. The molecule has 2 aliphatic rings. The molecule has 0 N–H and O–H groups in total. The highest BCUT2D eigenvalue weighted by Gasteiger charge is 2.51. The Kier molecular flexibility index (Phi) is 5.68. The van der Waals surface area contributed by atoms with Gasteiger partial charge < -0.3 is 0 Å². The second-order valence-corrected chi connectivity index (χ2v) is 10.6. The van der Waals surface area contributed by atoms with Crippen LogP contribution in [-0.4, -0.2) is 18.9 Å². The van der Waals surface area contributed by atoms with E-state index in [2.05, 4.69) is 6.08 Å². The van der Waals surface area contributed by atoms with Gasteiger partial charge in [0.2, 0.25) is 0 Å². The zero-order valence-corrected chi connectivity index (χ0v) is 19.3. The number of allylic oxidation sites excluding steroid dienone is 1. The van der Waals surface area contributed by atoms with Crippen molar-refractivity contribution in [1.29, 1.82) is 0 Å². The zero-order chi connectivity index (χ0) is 22.3. The summed E-state index contributed by atoms with van der Waals surface area (Å²) in [6.07, 6.45) is 3.30. The number of hydrogen-bond donors (Lipinski definition) is 0. The Hall–Kier alpha value is -2.44. The van der Waals surface area contributed by atoms with Crippen LogP contribution in [0, 0.1) is 12.8 Å². The van der Waals surface area contributed by atoms with E-state index >= 15 is 0 Å². The molecule has 0 saturated carbocycles. The minimum Gasteiger partial charge on any atom is -0.275 e. The Morgan fingerprint density at radius 2 is 1.62 bits per heavy atom. The second-order valence-electron chi connectivity index (χ2n) is 8.35. The summed E-state index contributed by atoms with van der Waals surface area (Å²) in [6.45, 7) is 1.94. The van der Waals surface area contributed by atoms with Crippen LogP contribution in [0.25, 0.3) is 5.57 Å². The average molecular weight is 466 g/mol. The highest BCUT2D eigenvalue weighted by molar-refractivity contribution is 7.89. The molecule has 3 aromatic rings. The van der Waals surface area contributed by atoms with Crippen molar-refractivity contribution in [3.8, 4) is 0 Å². The number of hydroxylamine groups is 1. The van der Waals surface area contributed by atoms with Gasteiger partial charge in [-0.15, -0.1) is 0 Å². The quantitative estimate of drug-likeness (QED) is 0.461. The van der Waals surface area contributed by atoms with Crippen molar-refractivity contribution >= 4 is 27.2 Å². The Bertz CT molecular complexity index is 1240. The standard InChI is InChI=1S/C26H24ClNO3S/c1-18-10-16-22(17-11-18)32(29,30)28-24-9-5-8-23(19-12-14-21(27)15-13-19)25(24)26(31-28)20-6-3-2-4-7-20/h2-4,6-8,10-17,24-26H,5,9H2,1H3/t24-,25+,26-/m1/s1. The van der Waals surface area contributed by atoms with Crippen LogP contribution in [0.4, 0.5) is 0 Å². The topological polar surface area (TPSA) is 46.6 Å². The molecule has 0 bridgehead atoms. The molecule has 1 aliphatic carbocycles. The maximum atomic E-state index is 13.6. The molecule has 5 rings (SSSR count). The van der Waals surface area contributed by atoms with Crippen LogP contribution in [0.2, 0.25) is 5.02 Å². The Morgan fingerprint density at radius 1 is 0.938 bits per heavy atom. The highest BCUT2D eigenvalue weighted by atomic mass is 35.5. The fraction of sp³-hybridized carbons (Fsp3) is 0.231. The lowest BCUT2D eigenvalue weighted by Crippen LogP contribution is -2.38. The van der Waals surface area contributed by atoms with Crippen molar-refractivity contribution < 1.29 is 13.3 Å². The van der Waals surface area contributed by atoms with Crippen LogP contribution in [-0.2, 0) is 14.9 Å². The molecule has 1 saturated heterocycles. The first-order valence-corrected chi connectivity index (χ1v) is 12.6. The molecule has 0 spiro atoms. The SMILES string of the molecule is Cc1ccc(S(=O)(=O)N2O[C@H](c3ccccc3)[C@H]3C(c4ccc(Cl)cc4)=CCC[C@H]32)cc1. The van der Waals surface area contributed by atoms with Crippen LogP contribution in [0.15, 0.2) is 89.8 Å². The maximum Gasteiger partial charge on any atom is 0.265 e. The molecule has 4 nitrogen and oxygen atoms in total. The smallest absolute Gasteiger partial charge is 0.265 e. The summed E-state index contributed by atoms with van der Waals surface area (Å²) in [7, 11) is -3.82. The number of nitrogens with zero attached hydrogens (tertiary/aromatic N) is 1. The fourth-order valence-corrected chi connectivity index (χ4v) is 6.31. The third-order valence-corrected chi connectivity index (χ3v) is 8.23. The highest BCUT2D eigenvalue weighted by Crippen LogP contribution is 2.51. The van der Waals surface area contributed by atoms with Crippen LogP contribution in [0.1, 0.15) is 35.6 Å². The maximum absolute atomic E-state index is 13.6. The minimum atomic E-state index is -3.82. The van der Waals surface area contributed by atoms with E-state index in [1.807, 2.05) is 73.7 Å². The summed E-state index contributed by atoms with van der Waals surface area (Å²) in [5, 5.41) is 0.674. The van der Waals surface area contributed by atoms with Gasteiger partial charge in [0.15, 0.2) is 0 Å². The van der Waals surface area contributed by atoms with Gasteiger partial charge in [0.05, 0.1) is 10.9 Å². The molecular weight excluding hydrogens is 442 g/mol. The molecular formula is C26H24ClNO3S. The summed E-state index contributed by atoms with van der Waals surface area (Å²) in [4.78, 5) is 6.55. The van der Waals surface area contributed by atoms with E-state index in [9.17, 15) is 8.42 Å². The largest absolute Gasteiger partial charge is 0.275 e. The molecule has 1 heterocycles. The monoisotopic (exact) mass is 465 g/mol. The van der Waals surface area contributed by atoms with Gasteiger partial charge in [0.1, 0.15) is 6.10 Å². The van der Waals surface area contributed by atoms with E-state index in [1.165, 1.54) is 4.47 Å². The first-order chi connectivity index (χ1) is 15.4. The van der Waals surface area contributed by atoms with Gasteiger partial charge in [-0.05, 0) is 60.7 Å². The average Bonchev–Trinajstić information content (AvgIpc) is 3.21. The third kappa shape index (κ3) is 3.80. The lowest BCUT2D eigenvalue weighted by molar-refractivity contribution is -0.0928. The number of halogens is 1. The van der Waals surface area contributed by atoms with Crippen molar-refractivity contribution in [1.82, 2.24) is 4.47 Å². The molecule has 3 atom stereocenters. The number of aryl methyl sites for hydroxylation is 1. The summed E-state index contributed by atoms with van der Waals surface area (Å²) in [5.41, 5.74) is 4.12. The number of benzene rings is 3. The number of rotatable bonds is 4. The molecule has 0 radical (unpaired) electrons. The van der Waals surface area contributed by atoms with Crippen molar-refractivity contribution in [2.45, 2.75) is 36.8 Å². The zero-order valence-electron chi connectivity index (χ0n) is 17.7. The van der Waals surface area contributed by atoms with Crippen LogP contribution >= 0.6 is 11.6 Å². The molecule has 6 heteroatoms. The second kappa shape index (κ2) is 8.49. The van der Waals surface area contributed by atoms with Gasteiger partial charge in [-0.25, -0.2) is 8.42 Å². The van der Waals surface area contributed by atoms with E-state index < -0.39 is 16.1 Å². The van der Waals surface area contributed by atoms with Gasteiger partial charge in [0, 0.05) is 10.9 Å². The summed E-state index contributed by atoms with van der Waals surface area (Å²) >= 11 is 6.12. The Balaban J connectivity index is 1.60. The Morgan fingerprint density at radius 3 is 2.31 bits per heavy atom.